The van der Waals surface area contributed by atoms with Crippen LogP contribution in [0.3, 0.4) is 0 Å². The maximum atomic E-state index is 9.50. The van der Waals surface area contributed by atoms with E-state index in [1.165, 1.54) is 16.5 Å². The minimum absolute atomic E-state index is 0.0356. The summed E-state index contributed by atoms with van der Waals surface area (Å²) < 4.78 is 2.18. The summed E-state index contributed by atoms with van der Waals surface area (Å²) in [5, 5.41) is 20.2. The fraction of sp³-hybridized carbons (Fsp3) is 0.263. The number of phenolic OH excluding ortho intramolecular Hbond substituents is 2. The summed E-state index contributed by atoms with van der Waals surface area (Å²) in [4.78, 5) is 0. The molecule has 114 valence electrons. The summed E-state index contributed by atoms with van der Waals surface area (Å²) in [6.07, 6.45) is 6.37. The summed E-state index contributed by atoms with van der Waals surface area (Å²) in [7, 11) is 2.09. The highest BCUT2D eigenvalue weighted by Gasteiger charge is 2.06. The first-order chi connectivity index (χ1) is 10.6. The summed E-state index contributed by atoms with van der Waals surface area (Å²) in [5.74, 6) is -0.0916. The zero-order chi connectivity index (χ0) is 15.5. The van der Waals surface area contributed by atoms with Gasteiger partial charge in [0.05, 0.1) is 0 Å². The lowest BCUT2D eigenvalue weighted by Crippen LogP contribution is -1.89. The number of hydrogen-bond acceptors (Lipinski definition) is 2. The lowest BCUT2D eigenvalue weighted by Gasteiger charge is -2.04. The van der Waals surface area contributed by atoms with Gasteiger partial charge in [0.15, 0.2) is 11.5 Å². The molecule has 0 amide bonds. The van der Waals surface area contributed by atoms with Crippen molar-refractivity contribution in [1.82, 2.24) is 4.57 Å². The number of fused-ring (bicyclic) bond motifs is 1. The van der Waals surface area contributed by atoms with Crippen molar-refractivity contribution >= 4 is 10.9 Å². The van der Waals surface area contributed by atoms with Gasteiger partial charge in [0.25, 0.3) is 0 Å². The lowest BCUT2D eigenvalue weighted by atomic mass is 10.0. The molecule has 0 unspecified atom stereocenters. The standard InChI is InChI=1S/C19H21NO2/c1-20-13-15(16-8-4-5-9-17(16)20)7-3-2-6-14-10-11-18(21)19(22)12-14/h4-5,8-13,21-22H,2-3,6-7H2,1H3. The molecule has 0 bridgehead atoms. The van der Waals surface area contributed by atoms with Gasteiger partial charge in [-0.15, -0.1) is 0 Å². The summed E-state index contributed by atoms with van der Waals surface area (Å²) in [5.41, 5.74) is 3.74. The average Bonchev–Trinajstić information content (AvgIpc) is 2.84. The van der Waals surface area contributed by atoms with Crippen LogP contribution in [-0.2, 0) is 19.9 Å². The molecule has 1 heterocycles. The van der Waals surface area contributed by atoms with Crippen LogP contribution in [0.25, 0.3) is 10.9 Å². The fourth-order valence-electron chi connectivity index (χ4n) is 2.99. The van der Waals surface area contributed by atoms with E-state index >= 15 is 0 Å². The van der Waals surface area contributed by atoms with Gasteiger partial charge in [-0.05, 0) is 55.0 Å². The van der Waals surface area contributed by atoms with Gasteiger partial charge in [-0.25, -0.2) is 0 Å². The maximum absolute atomic E-state index is 9.50. The Balaban J connectivity index is 1.59. The highest BCUT2D eigenvalue weighted by molar-refractivity contribution is 5.83. The molecule has 0 saturated heterocycles. The lowest BCUT2D eigenvalue weighted by molar-refractivity contribution is 0.403. The Morgan fingerprint density at radius 2 is 1.68 bits per heavy atom. The van der Waals surface area contributed by atoms with Crippen molar-refractivity contribution in [2.24, 2.45) is 7.05 Å². The largest absolute Gasteiger partial charge is 0.504 e. The van der Waals surface area contributed by atoms with E-state index in [1.807, 2.05) is 6.07 Å². The number of aromatic hydroxyl groups is 2. The van der Waals surface area contributed by atoms with Crippen molar-refractivity contribution in [2.75, 3.05) is 0 Å². The van der Waals surface area contributed by atoms with Gasteiger partial charge in [0.1, 0.15) is 0 Å². The number of aromatic nitrogens is 1. The second-order valence-electron chi connectivity index (χ2n) is 5.81. The smallest absolute Gasteiger partial charge is 0.157 e. The molecular weight excluding hydrogens is 274 g/mol. The molecule has 0 aliphatic heterocycles. The number of benzene rings is 2. The zero-order valence-corrected chi connectivity index (χ0v) is 12.8. The minimum Gasteiger partial charge on any atom is -0.504 e. The number of para-hydroxylation sites is 1. The van der Waals surface area contributed by atoms with Crippen LogP contribution in [0.2, 0.25) is 0 Å². The number of unbranched alkanes of at least 4 members (excludes halogenated alkanes) is 1. The van der Waals surface area contributed by atoms with Crippen LogP contribution in [-0.4, -0.2) is 14.8 Å². The second-order valence-corrected chi connectivity index (χ2v) is 5.81. The quantitative estimate of drug-likeness (QED) is 0.548. The third-order valence-corrected chi connectivity index (χ3v) is 4.18. The third kappa shape index (κ3) is 2.93. The van der Waals surface area contributed by atoms with Gasteiger partial charge >= 0.3 is 0 Å². The normalized spacial score (nSPS) is 11.1. The van der Waals surface area contributed by atoms with Gasteiger partial charge in [-0.3, -0.25) is 0 Å². The highest BCUT2D eigenvalue weighted by atomic mass is 16.3. The second kappa shape index (κ2) is 6.14. The van der Waals surface area contributed by atoms with E-state index < -0.39 is 0 Å². The van der Waals surface area contributed by atoms with E-state index in [2.05, 4.69) is 42.1 Å². The predicted molar refractivity (Wildman–Crippen MR) is 89.3 cm³/mol. The molecule has 0 radical (unpaired) electrons. The third-order valence-electron chi connectivity index (χ3n) is 4.18. The topological polar surface area (TPSA) is 45.4 Å². The van der Waals surface area contributed by atoms with Gasteiger partial charge in [0, 0.05) is 24.1 Å². The number of rotatable bonds is 5. The van der Waals surface area contributed by atoms with Crippen LogP contribution in [0.15, 0.2) is 48.7 Å². The Bertz CT molecular complexity index is 789. The van der Waals surface area contributed by atoms with Crippen LogP contribution >= 0.6 is 0 Å². The number of hydrogen-bond donors (Lipinski definition) is 2. The molecular formula is C19H21NO2. The number of aryl methyl sites for hydroxylation is 3. The molecule has 3 aromatic rings. The Morgan fingerprint density at radius 3 is 2.50 bits per heavy atom. The van der Waals surface area contributed by atoms with Crippen molar-refractivity contribution in [1.29, 1.82) is 0 Å². The fourth-order valence-corrected chi connectivity index (χ4v) is 2.99. The van der Waals surface area contributed by atoms with Gasteiger partial charge in [0.2, 0.25) is 0 Å². The molecule has 22 heavy (non-hydrogen) atoms. The predicted octanol–water partition coefficient (Wildman–Crippen LogP) is 4.15. The summed E-state index contributed by atoms with van der Waals surface area (Å²) in [6, 6.07) is 13.6. The Kier molecular flexibility index (Phi) is 4.05. The number of phenols is 2. The first-order valence-electron chi connectivity index (χ1n) is 7.69. The molecule has 0 fully saturated rings. The van der Waals surface area contributed by atoms with E-state index in [-0.39, 0.29) is 11.5 Å². The Hall–Kier alpha value is -2.42. The van der Waals surface area contributed by atoms with Gasteiger partial charge < -0.3 is 14.8 Å². The van der Waals surface area contributed by atoms with Crippen molar-refractivity contribution in [3.05, 3.63) is 59.8 Å². The molecule has 2 N–H and O–H groups in total. The maximum Gasteiger partial charge on any atom is 0.157 e. The molecule has 0 atom stereocenters. The minimum atomic E-state index is -0.0560. The molecule has 0 aliphatic rings. The Morgan fingerprint density at radius 1 is 0.909 bits per heavy atom. The van der Waals surface area contributed by atoms with Crippen molar-refractivity contribution in [3.8, 4) is 11.5 Å². The average molecular weight is 295 g/mol. The highest BCUT2D eigenvalue weighted by Crippen LogP contribution is 2.26. The van der Waals surface area contributed by atoms with E-state index in [4.69, 9.17) is 0 Å². The van der Waals surface area contributed by atoms with Crippen LogP contribution in [0.4, 0.5) is 0 Å². The molecule has 0 aliphatic carbocycles. The summed E-state index contributed by atoms with van der Waals surface area (Å²) in [6.45, 7) is 0. The van der Waals surface area contributed by atoms with Crippen LogP contribution in [0.1, 0.15) is 24.0 Å². The molecule has 0 saturated carbocycles. The van der Waals surface area contributed by atoms with Gasteiger partial charge in [-0.2, -0.15) is 0 Å². The number of nitrogens with zero attached hydrogens (tertiary/aromatic N) is 1. The van der Waals surface area contributed by atoms with Crippen LogP contribution < -0.4 is 0 Å². The van der Waals surface area contributed by atoms with Crippen molar-refractivity contribution < 1.29 is 10.2 Å². The van der Waals surface area contributed by atoms with Crippen molar-refractivity contribution in [2.45, 2.75) is 25.7 Å². The zero-order valence-electron chi connectivity index (χ0n) is 12.8. The molecule has 2 aromatic carbocycles. The first-order valence-corrected chi connectivity index (χ1v) is 7.69. The van der Waals surface area contributed by atoms with Crippen LogP contribution in [0.5, 0.6) is 11.5 Å². The van der Waals surface area contributed by atoms with Crippen LogP contribution in [0, 0.1) is 0 Å². The molecule has 3 rings (SSSR count). The van der Waals surface area contributed by atoms with Gasteiger partial charge in [-0.1, -0.05) is 24.3 Å². The van der Waals surface area contributed by atoms with E-state index in [1.54, 1.807) is 12.1 Å². The molecule has 0 spiro atoms. The summed E-state index contributed by atoms with van der Waals surface area (Å²) >= 11 is 0. The first kappa shape index (κ1) is 14.5. The molecule has 3 heteroatoms. The van der Waals surface area contributed by atoms with E-state index in [9.17, 15) is 10.2 Å². The monoisotopic (exact) mass is 295 g/mol. The van der Waals surface area contributed by atoms with E-state index in [0.717, 1.165) is 31.2 Å². The Labute approximate surface area is 130 Å². The molecule has 1 aromatic heterocycles. The molecule has 3 nitrogen and oxygen atoms in total. The van der Waals surface area contributed by atoms with E-state index in [0.29, 0.717) is 0 Å². The van der Waals surface area contributed by atoms with Crippen molar-refractivity contribution in [3.63, 3.8) is 0 Å². The SMILES string of the molecule is Cn1cc(CCCCc2ccc(O)c(O)c2)c2ccccc21.